The van der Waals surface area contributed by atoms with Crippen molar-refractivity contribution in [2.75, 3.05) is 13.1 Å². The van der Waals surface area contributed by atoms with Crippen molar-refractivity contribution in [3.8, 4) is 0 Å². The van der Waals surface area contributed by atoms with Crippen LogP contribution >= 0.6 is 0 Å². The van der Waals surface area contributed by atoms with Gasteiger partial charge in [-0.3, -0.25) is 4.79 Å². The first-order valence-electron chi connectivity index (χ1n) is 8.46. The SMILES string of the molecule is NC(=O)C1(CC2CC2)CCCN(C(=O)NCc2ccccc2)C1. The molecule has 5 heteroatoms. The van der Waals surface area contributed by atoms with Gasteiger partial charge in [0.1, 0.15) is 0 Å². The summed E-state index contributed by atoms with van der Waals surface area (Å²) in [6, 6.07) is 9.73. The fourth-order valence-electron chi connectivity index (χ4n) is 3.53. The van der Waals surface area contributed by atoms with E-state index in [0.717, 1.165) is 24.8 Å². The van der Waals surface area contributed by atoms with Gasteiger partial charge in [-0.05, 0) is 30.7 Å². The van der Waals surface area contributed by atoms with Crippen LogP contribution in [-0.2, 0) is 11.3 Å². The van der Waals surface area contributed by atoms with Gasteiger partial charge in [0, 0.05) is 19.6 Å². The lowest BCUT2D eigenvalue weighted by molar-refractivity contribution is -0.131. The maximum atomic E-state index is 12.4. The maximum absolute atomic E-state index is 12.4. The molecule has 2 fully saturated rings. The van der Waals surface area contributed by atoms with Gasteiger partial charge in [-0.2, -0.15) is 0 Å². The molecular formula is C18H25N3O2. The molecule has 1 aliphatic carbocycles. The topological polar surface area (TPSA) is 75.4 Å². The Morgan fingerprint density at radius 1 is 1.26 bits per heavy atom. The van der Waals surface area contributed by atoms with Crippen LogP contribution in [0.1, 0.15) is 37.7 Å². The molecule has 1 aromatic rings. The van der Waals surface area contributed by atoms with Crippen molar-refractivity contribution in [3.05, 3.63) is 35.9 Å². The van der Waals surface area contributed by atoms with Crippen LogP contribution in [0.5, 0.6) is 0 Å². The number of nitrogens with zero attached hydrogens (tertiary/aromatic N) is 1. The summed E-state index contributed by atoms with van der Waals surface area (Å²) in [4.78, 5) is 26.3. The van der Waals surface area contributed by atoms with E-state index < -0.39 is 5.41 Å². The highest BCUT2D eigenvalue weighted by atomic mass is 16.2. The molecule has 0 bridgehead atoms. The second-order valence-corrected chi connectivity index (χ2v) is 6.96. The highest BCUT2D eigenvalue weighted by Crippen LogP contribution is 2.44. The number of hydrogen-bond donors (Lipinski definition) is 2. The minimum atomic E-state index is -0.524. The van der Waals surface area contributed by atoms with E-state index >= 15 is 0 Å². The molecule has 1 aromatic carbocycles. The summed E-state index contributed by atoms with van der Waals surface area (Å²) >= 11 is 0. The normalized spacial score (nSPS) is 24.3. The van der Waals surface area contributed by atoms with Gasteiger partial charge in [0.15, 0.2) is 0 Å². The molecule has 1 atom stereocenters. The molecule has 1 saturated carbocycles. The van der Waals surface area contributed by atoms with Crippen LogP contribution in [0.15, 0.2) is 30.3 Å². The smallest absolute Gasteiger partial charge is 0.317 e. The number of rotatable bonds is 5. The van der Waals surface area contributed by atoms with E-state index in [9.17, 15) is 9.59 Å². The summed E-state index contributed by atoms with van der Waals surface area (Å²) in [5.41, 5.74) is 6.25. The number of piperidine rings is 1. The predicted molar refractivity (Wildman–Crippen MR) is 88.5 cm³/mol. The molecule has 1 heterocycles. The molecule has 1 aliphatic heterocycles. The number of carbonyl (C=O) groups excluding carboxylic acids is 2. The van der Waals surface area contributed by atoms with Crippen molar-refractivity contribution >= 4 is 11.9 Å². The van der Waals surface area contributed by atoms with Crippen LogP contribution in [0.2, 0.25) is 0 Å². The van der Waals surface area contributed by atoms with E-state index in [1.807, 2.05) is 30.3 Å². The van der Waals surface area contributed by atoms with Gasteiger partial charge >= 0.3 is 6.03 Å². The van der Waals surface area contributed by atoms with Gasteiger partial charge in [0.2, 0.25) is 5.91 Å². The van der Waals surface area contributed by atoms with E-state index in [1.165, 1.54) is 12.8 Å². The minimum absolute atomic E-state index is 0.102. The molecule has 23 heavy (non-hydrogen) atoms. The highest BCUT2D eigenvalue weighted by Gasteiger charge is 2.45. The summed E-state index contributed by atoms with van der Waals surface area (Å²) in [7, 11) is 0. The van der Waals surface area contributed by atoms with Gasteiger partial charge in [-0.1, -0.05) is 43.2 Å². The third-order valence-electron chi connectivity index (χ3n) is 5.05. The average molecular weight is 315 g/mol. The highest BCUT2D eigenvalue weighted by molar-refractivity contribution is 5.83. The lowest BCUT2D eigenvalue weighted by Gasteiger charge is -2.40. The summed E-state index contributed by atoms with van der Waals surface area (Å²) in [5.74, 6) is 0.375. The average Bonchev–Trinajstić information content (AvgIpc) is 3.37. The van der Waals surface area contributed by atoms with Crippen molar-refractivity contribution < 1.29 is 9.59 Å². The first kappa shape index (κ1) is 15.8. The Hall–Kier alpha value is -2.04. The summed E-state index contributed by atoms with van der Waals surface area (Å²) in [6.07, 6.45) is 4.87. The Morgan fingerprint density at radius 2 is 2.00 bits per heavy atom. The zero-order valence-electron chi connectivity index (χ0n) is 13.5. The molecule has 3 amide bonds. The van der Waals surface area contributed by atoms with Crippen molar-refractivity contribution in [3.63, 3.8) is 0 Å². The second kappa shape index (κ2) is 6.60. The number of hydrogen-bond acceptors (Lipinski definition) is 2. The third kappa shape index (κ3) is 3.84. The quantitative estimate of drug-likeness (QED) is 0.874. The molecule has 0 spiro atoms. The van der Waals surface area contributed by atoms with E-state index in [2.05, 4.69) is 5.32 Å². The first-order valence-corrected chi connectivity index (χ1v) is 8.46. The molecule has 2 aliphatic rings. The molecule has 5 nitrogen and oxygen atoms in total. The monoisotopic (exact) mass is 315 g/mol. The third-order valence-corrected chi connectivity index (χ3v) is 5.05. The zero-order chi connectivity index (χ0) is 16.3. The predicted octanol–water partition coefficient (Wildman–Crippen LogP) is 2.26. The Labute approximate surface area is 137 Å². The number of likely N-dealkylation sites (tertiary alicyclic amines) is 1. The summed E-state index contributed by atoms with van der Waals surface area (Å²) in [6.45, 7) is 1.65. The largest absolute Gasteiger partial charge is 0.369 e. The van der Waals surface area contributed by atoms with Crippen molar-refractivity contribution in [2.45, 2.75) is 38.6 Å². The van der Waals surface area contributed by atoms with Crippen LogP contribution in [0, 0.1) is 11.3 Å². The molecule has 3 N–H and O–H groups in total. The van der Waals surface area contributed by atoms with Gasteiger partial charge in [0.25, 0.3) is 0 Å². The summed E-state index contributed by atoms with van der Waals surface area (Å²) in [5, 5.41) is 2.95. The van der Waals surface area contributed by atoms with E-state index in [1.54, 1.807) is 4.90 Å². The Morgan fingerprint density at radius 3 is 2.65 bits per heavy atom. The van der Waals surface area contributed by atoms with E-state index in [0.29, 0.717) is 25.6 Å². The fraction of sp³-hybridized carbons (Fsp3) is 0.556. The van der Waals surface area contributed by atoms with E-state index in [-0.39, 0.29) is 11.9 Å². The van der Waals surface area contributed by atoms with E-state index in [4.69, 9.17) is 5.73 Å². The minimum Gasteiger partial charge on any atom is -0.369 e. The number of nitrogens with one attached hydrogen (secondary N) is 1. The second-order valence-electron chi connectivity index (χ2n) is 6.96. The van der Waals surface area contributed by atoms with Crippen LogP contribution in [0.4, 0.5) is 4.79 Å². The summed E-state index contributed by atoms with van der Waals surface area (Å²) < 4.78 is 0. The van der Waals surface area contributed by atoms with Crippen molar-refractivity contribution in [1.82, 2.24) is 10.2 Å². The number of carbonyl (C=O) groups is 2. The molecule has 0 aromatic heterocycles. The Kier molecular flexibility index (Phi) is 4.55. The van der Waals surface area contributed by atoms with Gasteiger partial charge in [-0.15, -0.1) is 0 Å². The van der Waals surface area contributed by atoms with Crippen molar-refractivity contribution in [1.29, 1.82) is 0 Å². The Balaban J connectivity index is 1.60. The molecular weight excluding hydrogens is 290 g/mol. The van der Waals surface area contributed by atoms with Gasteiger partial charge < -0.3 is 16.0 Å². The standard InChI is InChI=1S/C18H25N3O2/c19-16(22)18(11-14-7-8-14)9-4-10-21(13-18)17(23)20-12-15-5-2-1-3-6-15/h1-3,5-6,14H,4,7-13H2,(H2,19,22)(H,20,23). The number of nitrogens with two attached hydrogens (primary N) is 1. The first-order chi connectivity index (χ1) is 11.1. The number of primary amides is 1. The van der Waals surface area contributed by atoms with Gasteiger partial charge in [0.05, 0.1) is 5.41 Å². The van der Waals surface area contributed by atoms with Crippen LogP contribution in [-0.4, -0.2) is 29.9 Å². The molecule has 0 radical (unpaired) electrons. The molecule has 3 rings (SSSR count). The number of urea groups is 1. The van der Waals surface area contributed by atoms with Crippen LogP contribution in [0.3, 0.4) is 0 Å². The van der Waals surface area contributed by atoms with Crippen molar-refractivity contribution in [2.24, 2.45) is 17.1 Å². The molecule has 1 saturated heterocycles. The molecule has 1 unspecified atom stereocenters. The zero-order valence-corrected chi connectivity index (χ0v) is 13.5. The maximum Gasteiger partial charge on any atom is 0.317 e. The molecule has 124 valence electrons. The fourth-order valence-corrected chi connectivity index (χ4v) is 3.53. The Bertz CT molecular complexity index is 571. The lowest BCUT2D eigenvalue weighted by Crippen LogP contribution is -2.54. The van der Waals surface area contributed by atoms with Crippen LogP contribution in [0.25, 0.3) is 0 Å². The lowest BCUT2D eigenvalue weighted by atomic mass is 9.75. The van der Waals surface area contributed by atoms with Gasteiger partial charge in [-0.25, -0.2) is 4.79 Å². The number of amides is 3. The van der Waals surface area contributed by atoms with Crippen LogP contribution < -0.4 is 11.1 Å². The number of benzene rings is 1.